The Labute approximate surface area is 205 Å². The average molecular weight is 472 g/mol. The van der Waals surface area contributed by atoms with Crippen LogP contribution in [0.25, 0.3) is 16.9 Å². The first kappa shape index (κ1) is 23.6. The zero-order chi connectivity index (χ0) is 24.1. The van der Waals surface area contributed by atoms with Gasteiger partial charge in [-0.05, 0) is 81.3 Å². The SMILES string of the molecule is CCOc1ccc(-c2cn(-c3ccc(C)cc3)c(SCC(=O)Nc3cccc(C)c3C)n2)cc1. The minimum absolute atomic E-state index is 0.0558. The summed E-state index contributed by atoms with van der Waals surface area (Å²) in [5.41, 5.74) is 7.13. The summed E-state index contributed by atoms with van der Waals surface area (Å²) in [5, 5.41) is 3.80. The minimum atomic E-state index is -0.0558. The molecule has 0 atom stereocenters. The number of rotatable bonds is 8. The fraction of sp³-hybridized carbons (Fsp3) is 0.214. The van der Waals surface area contributed by atoms with E-state index in [1.807, 2.05) is 74.0 Å². The van der Waals surface area contributed by atoms with Crippen molar-refractivity contribution in [1.29, 1.82) is 0 Å². The number of anilines is 1. The van der Waals surface area contributed by atoms with Gasteiger partial charge in [0.15, 0.2) is 5.16 Å². The summed E-state index contributed by atoms with van der Waals surface area (Å²) in [6.45, 7) is 8.73. The van der Waals surface area contributed by atoms with Crippen molar-refractivity contribution in [2.24, 2.45) is 0 Å². The number of thioether (sulfide) groups is 1. The molecular formula is C28H29N3O2S. The van der Waals surface area contributed by atoms with Crippen molar-refractivity contribution in [1.82, 2.24) is 9.55 Å². The zero-order valence-electron chi connectivity index (χ0n) is 20.0. The monoisotopic (exact) mass is 471 g/mol. The van der Waals surface area contributed by atoms with Crippen LogP contribution in [-0.4, -0.2) is 27.8 Å². The van der Waals surface area contributed by atoms with Gasteiger partial charge in [-0.2, -0.15) is 0 Å². The summed E-state index contributed by atoms with van der Waals surface area (Å²) >= 11 is 1.43. The second-order valence-corrected chi connectivity index (χ2v) is 9.10. The van der Waals surface area contributed by atoms with Gasteiger partial charge in [0, 0.05) is 23.1 Å². The Hall–Kier alpha value is -3.51. The molecule has 0 unspecified atom stereocenters. The molecule has 4 rings (SSSR count). The predicted octanol–water partition coefficient (Wildman–Crippen LogP) is 6.59. The highest BCUT2D eigenvalue weighted by atomic mass is 32.2. The molecular weight excluding hydrogens is 442 g/mol. The number of ether oxygens (including phenoxy) is 1. The van der Waals surface area contributed by atoms with Gasteiger partial charge in [-0.1, -0.05) is 41.6 Å². The molecule has 1 N–H and O–H groups in total. The normalized spacial score (nSPS) is 10.8. The number of amides is 1. The van der Waals surface area contributed by atoms with Crippen LogP contribution in [-0.2, 0) is 4.79 Å². The number of hydrogen-bond donors (Lipinski definition) is 1. The minimum Gasteiger partial charge on any atom is -0.494 e. The molecule has 0 fully saturated rings. The first-order valence-corrected chi connectivity index (χ1v) is 12.3. The number of benzene rings is 3. The standard InChI is InChI=1S/C28H29N3O2S/c1-5-33-24-15-11-22(12-16-24)26-17-31(23-13-9-19(2)10-14-23)28(30-26)34-18-27(32)29-25-8-6-7-20(3)21(25)4/h6-17H,5,18H2,1-4H3,(H,29,32). The van der Waals surface area contributed by atoms with Crippen molar-refractivity contribution in [3.8, 4) is 22.7 Å². The Balaban J connectivity index is 1.57. The van der Waals surface area contributed by atoms with Gasteiger partial charge in [-0.25, -0.2) is 4.98 Å². The first-order valence-electron chi connectivity index (χ1n) is 11.3. The van der Waals surface area contributed by atoms with Gasteiger partial charge in [0.2, 0.25) is 5.91 Å². The third-order valence-electron chi connectivity index (χ3n) is 5.66. The number of imidazole rings is 1. The van der Waals surface area contributed by atoms with Crippen LogP contribution < -0.4 is 10.1 Å². The smallest absolute Gasteiger partial charge is 0.234 e. The highest BCUT2D eigenvalue weighted by Gasteiger charge is 2.15. The molecule has 1 amide bonds. The summed E-state index contributed by atoms with van der Waals surface area (Å²) < 4.78 is 7.60. The van der Waals surface area contributed by atoms with Crippen LogP contribution in [0.4, 0.5) is 5.69 Å². The molecule has 0 saturated heterocycles. The summed E-state index contributed by atoms with van der Waals surface area (Å²) in [6.07, 6.45) is 2.02. The van der Waals surface area contributed by atoms with Crippen LogP contribution in [0.2, 0.25) is 0 Å². The van der Waals surface area contributed by atoms with Crippen molar-refractivity contribution in [2.75, 3.05) is 17.7 Å². The van der Waals surface area contributed by atoms with E-state index in [0.29, 0.717) is 6.61 Å². The molecule has 0 radical (unpaired) electrons. The van der Waals surface area contributed by atoms with Crippen LogP contribution in [0.5, 0.6) is 5.75 Å². The van der Waals surface area contributed by atoms with Crippen molar-refractivity contribution >= 4 is 23.4 Å². The van der Waals surface area contributed by atoms with E-state index in [-0.39, 0.29) is 11.7 Å². The lowest BCUT2D eigenvalue weighted by Crippen LogP contribution is -2.15. The lowest BCUT2D eigenvalue weighted by molar-refractivity contribution is -0.113. The molecule has 6 heteroatoms. The van der Waals surface area contributed by atoms with Crippen LogP contribution in [0.1, 0.15) is 23.6 Å². The van der Waals surface area contributed by atoms with Gasteiger partial charge in [-0.15, -0.1) is 0 Å². The van der Waals surface area contributed by atoms with Gasteiger partial charge in [0.05, 0.1) is 18.1 Å². The Morgan fingerprint density at radius 3 is 2.44 bits per heavy atom. The van der Waals surface area contributed by atoms with E-state index >= 15 is 0 Å². The van der Waals surface area contributed by atoms with Gasteiger partial charge < -0.3 is 10.1 Å². The van der Waals surface area contributed by atoms with E-state index in [4.69, 9.17) is 9.72 Å². The average Bonchev–Trinajstić information content (AvgIpc) is 3.26. The third-order valence-corrected chi connectivity index (χ3v) is 6.61. The fourth-order valence-corrected chi connectivity index (χ4v) is 4.38. The van der Waals surface area contributed by atoms with Gasteiger partial charge in [0.1, 0.15) is 5.75 Å². The molecule has 0 saturated carbocycles. The molecule has 1 heterocycles. The van der Waals surface area contributed by atoms with Crippen LogP contribution in [0.3, 0.4) is 0 Å². The molecule has 34 heavy (non-hydrogen) atoms. The molecule has 0 aliphatic rings. The number of aromatic nitrogens is 2. The number of nitrogens with zero attached hydrogens (tertiary/aromatic N) is 2. The van der Waals surface area contributed by atoms with E-state index in [0.717, 1.165) is 44.7 Å². The summed E-state index contributed by atoms with van der Waals surface area (Å²) in [7, 11) is 0. The number of nitrogens with one attached hydrogen (secondary N) is 1. The Bertz CT molecular complexity index is 1280. The fourth-order valence-electron chi connectivity index (χ4n) is 3.59. The molecule has 0 aliphatic carbocycles. The van der Waals surface area contributed by atoms with E-state index in [1.165, 1.54) is 17.3 Å². The third kappa shape index (κ3) is 5.51. The molecule has 3 aromatic carbocycles. The highest BCUT2D eigenvalue weighted by molar-refractivity contribution is 7.99. The molecule has 0 bridgehead atoms. The van der Waals surface area contributed by atoms with E-state index in [9.17, 15) is 4.79 Å². The molecule has 5 nitrogen and oxygen atoms in total. The van der Waals surface area contributed by atoms with Gasteiger partial charge in [0.25, 0.3) is 0 Å². The second kappa shape index (κ2) is 10.6. The summed E-state index contributed by atoms with van der Waals surface area (Å²) in [4.78, 5) is 17.6. The maximum atomic E-state index is 12.7. The summed E-state index contributed by atoms with van der Waals surface area (Å²) in [5.74, 6) is 1.04. The van der Waals surface area contributed by atoms with Crippen LogP contribution in [0.15, 0.2) is 78.1 Å². The maximum absolute atomic E-state index is 12.7. The quantitative estimate of drug-likeness (QED) is 0.294. The second-order valence-electron chi connectivity index (χ2n) is 8.16. The number of carbonyl (C=O) groups is 1. The Morgan fingerprint density at radius 1 is 1.00 bits per heavy atom. The Kier molecular flexibility index (Phi) is 7.38. The van der Waals surface area contributed by atoms with E-state index in [1.54, 1.807) is 0 Å². The largest absolute Gasteiger partial charge is 0.494 e. The van der Waals surface area contributed by atoms with Crippen LogP contribution >= 0.6 is 11.8 Å². The van der Waals surface area contributed by atoms with Crippen molar-refractivity contribution in [3.63, 3.8) is 0 Å². The Morgan fingerprint density at radius 2 is 1.74 bits per heavy atom. The zero-order valence-corrected chi connectivity index (χ0v) is 20.8. The van der Waals surface area contributed by atoms with Crippen LogP contribution in [0, 0.1) is 20.8 Å². The van der Waals surface area contributed by atoms with Crippen molar-refractivity contribution in [3.05, 3.63) is 89.6 Å². The summed E-state index contributed by atoms with van der Waals surface area (Å²) in [6, 6.07) is 22.1. The number of aryl methyl sites for hydroxylation is 2. The topological polar surface area (TPSA) is 56.1 Å². The highest BCUT2D eigenvalue weighted by Crippen LogP contribution is 2.29. The lowest BCUT2D eigenvalue weighted by Gasteiger charge is -2.11. The first-order chi connectivity index (χ1) is 16.4. The maximum Gasteiger partial charge on any atom is 0.234 e. The van der Waals surface area contributed by atoms with Crippen molar-refractivity contribution < 1.29 is 9.53 Å². The van der Waals surface area contributed by atoms with Gasteiger partial charge in [-0.3, -0.25) is 9.36 Å². The molecule has 4 aromatic rings. The van der Waals surface area contributed by atoms with E-state index < -0.39 is 0 Å². The molecule has 0 aliphatic heterocycles. The predicted molar refractivity (Wildman–Crippen MR) is 140 cm³/mol. The van der Waals surface area contributed by atoms with Gasteiger partial charge >= 0.3 is 0 Å². The lowest BCUT2D eigenvalue weighted by atomic mass is 10.1. The molecule has 174 valence electrons. The van der Waals surface area contributed by atoms with Crippen molar-refractivity contribution in [2.45, 2.75) is 32.9 Å². The number of carbonyl (C=O) groups excluding carboxylic acids is 1. The molecule has 0 spiro atoms. The number of hydrogen-bond acceptors (Lipinski definition) is 4. The van der Waals surface area contributed by atoms with E-state index in [2.05, 4.69) is 36.5 Å². The molecule has 1 aromatic heterocycles.